The lowest BCUT2D eigenvalue weighted by atomic mass is 10.1. The van der Waals surface area contributed by atoms with Gasteiger partial charge in [0.25, 0.3) is 0 Å². The number of rotatable bonds is 35. The molecule has 0 rings (SSSR count). The van der Waals surface area contributed by atoms with E-state index in [0.29, 0.717) is 25.7 Å². The number of aliphatic hydroxyl groups excluding tert-OH is 1. The van der Waals surface area contributed by atoms with Gasteiger partial charge in [0.05, 0.1) is 12.7 Å². The van der Waals surface area contributed by atoms with Crippen molar-refractivity contribution in [2.45, 2.75) is 174 Å². The maximum atomic E-state index is 12.4. The van der Waals surface area contributed by atoms with Gasteiger partial charge in [-0.25, -0.2) is 4.57 Å². The fourth-order valence-electron chi connectivity index (χ4n) is 5.09. The Balaban J connectivity index is 4.16. The summed E-state index contributed by atoms with van der Waals surface area (Å²) < 4.78 is 26.2. The second-order valence-electron chi connectivity index (χ2n) is 13.1. The number of esters is 2. The molecule has 3 N–H and O–H groups in total. The molecule has 10 heteroatoms. The summed E-state index contributed by atoms with van der Waals surface area (Å²) in [7, 11) is -4.79. The number of phosphoric acid groups is 1. The molecule has 0 aromatic carbocycles. The predicted molar refractivity (Wildman–Crippen MR) is 208 cm³/mol. The highest BCUT2D eigenvalue weighted by Crippen LogP contribution is 2.36. The van der Waals surface area contributed by atoms with Crippen molar-refractivity contribution in [3.63, 3.8) is 0 Å². The Kier molecular flexibility index (Phi) is 34.5. The number of hydrogen-bond acceptors (Lipinski definition) is 7. The highest BCUT2D eigenvalue weighted by molar-refractivity contribution is 7.46. The highest BCUT2D eigenvalue weighted by Gasteiger charge is 2.22. The summed E-state index contributed by atoms with van der Waals surface area (Å²) in [4.78, 5) is 42.7. The lowest BCUT2D eigenvalue weighted by Crippen LogP contribution is -2.29. The minimum Gasteiger partial charge on any atom is -0.462 e. The zero-order chi connectivity index (χ0) is 37.7. The Bertz CT molecular complexity index is 1030. The van der Waals surface area contributed by atoms with Crippen molar-refractivity contribution >= 4 is 19.8 Å². The minimum absolute atomic E-state index is 0.128. The zero-order valence-corrected chi connectivity index (χ0v) is 32.7. The molecule has 0 aliphatic rings. The maximum absolute atomic E-state index is 12.4. The molecule has 0 aromatic heterocycles. The van der Waals surface area contributed by atoms with Crippen molar-refractivity contribution in [1.29, 1.82) is 0 Å². The van der Waals surface area contributed by atoms with Gasteiger partial charge < -0.3 is 24.4 Å². The molecule has 0 aliphatic carbocycles. The molecule has 2 atom stereocenters. The van der Waals surface area contributed by atoms with Gasteiger partial charge in [0, 0.05) is 12.8 Å². The first-order chi connectivity index (χ1) is 24.7. The van der Waals surface area contributed by atoms with Crippen molar-refractivity contribution in [2.24, 2.45) is 0 Å². The van der Waals surface area contributed by atoms with Crippen molar-refractivity contribution in [1.82, 2.24) is 0 Å². The smallest absolute Gasteiger partial charge is 0.462 e. The fraction of sp³-hybridized carbons (Fsp3) is 0.707. The third-order valence-electron chi connectivity index (χ3n) is 8.09. The third-order valence-corrected chi connectivity index (χ3v) is 8.57. The van der Waals surface area contributed by atoms with Crippen LogP contribution in [-0.2, 0) is 28.2 Å². The summed E-state index contributed by atoms with van der Waals surface area (Å²) in [5.41, 5.74) is 0. The summed E-state index contributed by atoms with van der Waals surface area (Å²) in [5, 5.41) is 10.1. The van der Waals surface area contributed by atoms with Crippen LogP contribution in [0.4, 0.5) is 0 Å². The first-order valence-corrected chi connectivity index (χ1v) is 21.2. The Morgan fingerprint density at radius 3 is 1.80 bits per heavy atom. The van der Waals surface area contributed by atoms with E-state index in [1.54, 1.807) is 12.2 Å². The Morgan fingerprint density at radius 1 is 0.608 bits per heavy atom. The van der Waals surface area contributed by atoms with Gasteiger partial charge in [0.1, 0.15) is 6.61 Å². The normalized spacial score (nSPS) is 13.7. The third kappa shape index (κ3) is 38.8. The van der Waals surface area contributed by atoms with Crippen LogP contribution in [0.25, 0.3) is 0 Å². The van der Waals surface area contributed by atoms with Crippen LogP contribution >= 0.6 is 7.82 Å². The molecule has 0 heterocycles. The summed E-state index contributed by atoms with van der Waals surface area (Å²) in [6.07, 6.45) is 41.1. The van der Waals surface area contributed by atoms with Crippen LogP contribution in [0.3, 0.4) is 0 Å². The lowest BCUT2D eigenvalue weighted by Gasteiger charge is -2.18. The monoisotopic (exact) mass is 738 g/mol. The molecule has 0 aromatic rings. The van der Waals surface area contributed by atoms with E-state index in [0.717, 1.165) is 51.4 Å². The predicted octanol–water partition coefficient (Wildman–Crippen LogP) is 10.7. The molecular formula is C41H71O9P. The molecule has 0 amide bonds. The summed E-state index contributed by atoms with van der Waals surface area (Å²) in [6.45, 7) is 3.50. The van der Waals surface area contributed by atoms with Gasteiger partial charge in [0.2, 0.25) is 0 Å². The van der Waals surface area contributed by atoms with Gasteiger partial charge >= 0.3 is 19.8 Å². The molecule has 0 spiro atoms. The molecule has 0 radical (unpaired) electrons. The first-order valence-electron chi connectivity index (χ1n) is 19.7. The van der Waals surface area contributed by atoms with Crippen LogP contribution < -0.4 is 0 Å². The average molecular weight is 739 g/mol. The van der Waals surface area contributed by atoms with Crippen molar-refractivity contribution in [3.8, 4) is 0 Å². The van der Waals surface area contributed by atoms with E-state index in [4.69, 9.17) is 19.3 Å². The molecule has 0 saturated heterocycles. The number of phosphoric ester groups is 1. The van der Waals surface area contributed by atoms with Gasteiger partial charge in [-0.1, -0.05) is 139 Å². The second kappa shape index (κ2) is 36.1. The van der Waals surface area contributed by atoms with Crippen LogP contribution in [0.1, 0.15) is 162 Å². The molecule has 1 unspecified atom stereocenters. The molecular weight excluding hydrogens is 667 g/mol. The molecule has 294 valence electrons. The quantitative estimate of drug-likeness (QED) is 0.0190. The molecule has 0 aliphatic heterocycles. The molecule has 51 heavy (non-hydrogen) atoms. The molecule has 0 saturated carbocycles. The Labute approximate surface area is 309 Å². The lowest BCUT2D eigenvalue weighted by molar-refractivity contribution is -0.161. The van der Waals surface area contributed by atoms with E-state index in [9.17, 15) is 19.3 Å². The average Bonchev–Trinajstić information content (AvgIpc) is 3.09. The number of unbranched alkanes of at least 4 members (excludes halogenated alkanes) is 15. The van der Waals surface area contributed by atoms with E-state index in [-0.39, 0.29) is 19.4 Å². The standard InChI is InChI=1S/C41H71O9P/c1-3-5-7-9-11-13-14-15-16-17-18-20-22-26-31-35-41(44)50-39(37-49-51(45,46)47)36-48-40(43)34-30-27-23-25-29-33-38(42)32-28-24-21-19-12-10-8-6-4-2/h12,15-16,19,23-25,28-29,33,38-39,42H,3-11,13-14,17-18,20-22,26-27,30-32,34-37H2,1-2H3,(H2,45,46,47)/b16-15-,19-12-,25-23+,28-24-,33-29-/t38?,39-/m1/s1. The fourth-order valence-corrected chi connectivity index (χ4v) is 5.45. The number of carbonyl (C=O) groups is 2. The second-order valence-corrected chi connectivity index (χ2v) is 14.3. The summed E-state index contributed by atoms with van der Waals surface area (Å²) in [5.74, 6) is -1.03. The van der Waals surface area contributed by atoms with Gasteiger partial charge in [-0.05, 0) is 70.6 Å². The van der Waals surface area contributed by atoms with E-state index in [1.807, 2.05) is 18.2 Å². The van der Waals surface area contributed by atoms with Crippen LogP contribution in [0.5, 0.6) is 0 Å². The maximum Gasteiger partial charge on any atom is 0.469 e. The zero-order valence-electron chi connectivity index (χ0n) is 31.8. The number of aliphatic hydroxyl groups is 1. The van der Waals surface area contributed by atoms with Crippen molar-refractivity contribution in [3.05, 3.63) is 60.8 Å². The van der Waals surface area contributed by atoms with E-state index >= 15 is 0 Å². The Hall–Kier alpha value is -2.29. The largest absolute Gasteiger partial charge is 0.469 e. The highest BCUT2D eigenvalue weighted by atomic mass is 31.2. The molecule has 0 fully saturated rings. The van der Waals surface area contributed by atoms with Crippen molar-refractivity contribution < 1.29 is 43.0 Å². The van der Waals surface area contributed by atoms with E-state index in [2.05, 4.69) is 48.8 Å². The number of ether oxygens (including phenoxy) is 2. The van der Waals surface area contributed by atoms with Crippen LogP contribution in [0, 0.1) is 0 Å². The van der Waals surface area contributed by atoms with Gasteiger partial charge in [-0.15, -0.1) is 0 Å². The number of carbonyl (C=O) groups excluding carboxylic acids is 2. The van der Waals surface area contributed by atoms with Gasteiger partial charge in [-0.3, -0.25) is 14.1 Å². The molecule has 9 nitrogen and oxygen atoms in total. The number of hydrogen-bond donors (Lipinski definition) is 3. The topological polar surface area (TPSA) is 140 Å². The summed E-state index contributed by atoms with van der Waals surface area (Å²) in [6, 6.07) is 0. The minimum atomic E-state index is -4.79. The van der Waals surface area contributed by atoms with E-state index in [1.165, 1.54) is 57.8 Å². The van der Waals surface area contributed by atoms with E-state index < -0.39 is 38.6 Å². The first kappa shape index (κ1) is 48.7. The SMILES string of the molecule is CCCCC/C=C\C/C=C\CC(O)/C=C\C=C\CCCC(=O)OC[C@H](COP(=O)(O)O)OC(=O)CCCCCCC/C=C\CCCCCCCC. The van der Waals surface area contributed by atoms with Crippen LogP contribution in [0.15, 0.2) is 60.8 Å². The van der Waals surface area contributed by atoms with Gasteiger partial charge in [0.15, 0.2) is 6.10 Å². The van der Waals surface area contributed by atoms with Crippen LogP contribution in [0.2, 0.25) is 0 Å². The van der Waals surface area contributed by atoms with Crippen LogP contribution in [-0.4, -0.2) is 52.3 Å². The Morgan fingerprint density at radius 2 is 1.14 bits per heavy atom. The molecule has 0 bridgehead atoms. The summed E-state index contributed by atoms with van der Waals surface area (Å²) >= 11 is 0. The van der Waals surface area contributed by atoms with Crippen molar-refractivity contribution in [2.75, 3.05) is 13.2 Å². The number of allylic oxidation sites excluding steroid dienone is 8. The van der Waals surface area contributed by atoms with Gasteiger partial charge in [-0.2, -0.15) is 0 Å².